The standard InChI is InChI=1S/C16H17FN4O3/c1-3-20-13-11(14(22)21(4-2)16(20)24)12(18-15(23)19-13)9-5-7-10(17)8-6-9/h5-8,12H,3-4H2,1-2H3,(H2,18,19,23). The number of benzene rings is 1. The van der Waals surface area contributed by atoms with Gasteiger partial charge in [-0.1, -0.05) is 12.1 Å². The summed E-state index contributed by atoms with van der Waals surface area (Å²) in [6, 6.07) is 4.26. The summed E-state index contributed by atoms with van der Waals surface area (Å²) in [5, 5.41) is 5.22. The van der Waals surface area contributed by atoms with Crippen LogP contribution in [0.4, 0.5) is 15.0 Å². The highest BCUT2D eigenvalue weighted by molar-refractivity contribution is 5.92. The van der Waals surface area contributed by atoms with Gasteiger partial charge in [0.25, 0.3) is 5.56 Å². The Hall–Kier alpha value is -2.90. The van der Waals surface area contributed by atoms with Crippen molar-refractivity contribution in [2.24, 2.45) is 0 Å². The van der Waals surface area contributed by atoms with Crippen LogP contribution in [0, 0.1) is 5.82 Å². The van der Waals surface area contributed by atoms with Crippen LogP contribution < -0.4 is 21.9 Å². The number of fused-ring (bicyclic) bond motifs is 1. The number of carbonyl (C=O) groups excluding carboxylic acids is 1. The van der Waals surface area contributed by atoms with Crippen molar-refractivity contribution in [2.45, 2.75) is 33.0 Å². The molecule has 2 amide bonds. The van der Waals surface area contributed by atoms with E-state index in [4.69, 9.17) is 0 Å². The first-order valence-electron chi connectivity index (χ1n) is 7.68. The van der Waals surface area contributed by atoms with Crippen LogP contribution in [0.2, 0.25) is 0 Å². The maximum absolute atomic E-state index is 13.2. The molecule has 8 heteroatoms. The molecule has 1 unspecified atom stereocenters. The number of amides is 2. The second-order valence-corrected chi connectivity index (χ2v) is 5.42. The normalized spacial score (nSPS) is 16.3. The molecule has 2 N–H and O–H groups in total. The highest BCUT2D eigenvalue weighted by atomic mass is 19.1. The molecule has 0 spiro atoms. The molecule has 0 saturated heterocycles. The van der Waals surface area contributed by atoms with Gasteiger partial charge in [0.2, 0.25) is 0 Å². The van der Waals surface area contributed by atoms with Crippen molar-refractivity contribution in [3.8, 4) is 0 Å². The fourth-order valence-corrected chi connectivity index (χ4v) is 2.94. The highest BCUT2D eigenvalue weighted by Crippen LogP contribution is 2.28. The van der Waals surface area contributed by atoms with Crippen molar-refractivity contribution in [1.29, 1.82) is 0 Å². The van der Waals surface area contributed by atoms with E-state index in [9.17, 15) is 18.8 Å². The van der Waals surface area contributed by atoms with Gasteiger partial charge in [-0.2, -0.15) is 0 Å². The van der Waals surface area contributed by atoms with Crippen LogP contribution in [0.1, 0.15) is 31.0 Å². The van der Waals surface area contributed by atoms with Gasteiger partial charge in [0.05, 0.1) is 11.6 Å². The lowest BCUT2D eigenvalue weighted by Crippen LogP contribution is -2.50. The van der Waals surface area contributed by atoms with Crippen molar-refractivity contribution < 1.29 is 9.18 Å². The zero-order chi connectivity index (χ0) is 17.4. The van der Waals surface area contributed by atoms with Gasteiger partial charge >= 0.3 is 11.7 Å². The van der Waals surface area contributed by atoms with E-state index in [1.54, 1.807) is 13.8 Å². The largest absolute Gasteiger partial charge is 0.332 e. The van der Waals surface area contributed by atoms with E-state index >= 15 is 0 Å². The molecule has 0 fully saturated rings. The fourth-order valence-electron chi connectivity index (χ4n) is 2.94. The van der Waals surface area contributed by atoms with Crippen LogP contribution in [0.5, 0.6) is 0 Å². The number of urea groups is 1. The van der Waals surface area contributed by atoms with Gasteiger partial charge in [-0.05, 0) is 31.5 Å². The zero-order valence-electron chi connectivity index (χ0n) is 13.3. The molecule has 1 aromatic heterocycles. The summed E-state index contributed by atoms with van der Waals surface area (Å²) in [7, 11) is 0. The fraction of sp³-hybridized carbons (Fsp3) is 0.312. The van der Waals surface area contributed by atoms with Crippen LogP contribution in [0.25, 0.3) is 0 Å². The minimum Gasteiger partial charge on any atom is -0.327 e. The number of hydrogen-bond donors (Lipinski definition) is 2. The molecular weight excluding hydrogens is 315 g/mol. The first-order chi connectivity index (χ1) is 11.5. The third-order valence-electron chi connectivity index (χ3n) is 4.09. The van der Waals surface area contributed by atoms with Crippen LogP contribution in [0.3, 0.4) is 0 Å². The Morgan fingerprint density at radius 3 is 2.25 bits per heavy atom. The maximum Gasteiger partial charge on any atom is 0.332 e. The van der Waals surface area contributed by atoms with E-state index < -0.39 is 29.1 Å². The molecule has 0 radical (unpaired) electrons. The van der Waals surface area contributed by atoms with E-state index in [0.29, 0.717) is 12.1 Å². The van der Waals surface area contributed by atoms with Crippen LogP contribution in [-0.2, 0) is 13.1 Å². The Kier molecular flexibility index (Phi) is 3.96. The predicted octanol–water partition coefficient (Wildman–Crippen LogP) is 1.41. The molecule has 1 atom stereocenters. The molecule has 0 bridgehead atoms. The molecule has 1 aliphatic rings. The molecule has 24 heavy (non-hydrogen) atoms. The summed E-state index contributed by atoms with van der Waals surface area (Å²) in [5.41, 5.74) is -0.106. The number of nitrogens with one attached hydrogen (secondary N) is 2. The average molecular weight is 332 g/mol. The van der Waals surface area contributed by atoms with Gasteiger partial charge in [-0.3, -0.25) is 19.2 Å². The topological polar surface area (TPSA) is 85.1 Å². The molecule has 0 aliphatic carbocycles. The van der Waals surface area contributed by atoms with Gasteiger partial charge in [-0.25, -0.2) is 14.0 Å². The molecule has 126 valence electrons. The Morgan fingerprint density at radius 2 is 1.67 bits per heavy atom. The molecule has 2 aromatic rings. The zero-order valence-corrected chi connectivity index (χ0v) is 13.3. The van der Waals surface area contributed by atoms with Crippen molar-refractivity contribution in [3.05, 3.63) is 62.0 Å². The first-order valence-corrected chi connectivity index (χ1v) is 7.68. The first kappa shape index (κ1) is 16.0. The molecule has 3 rings (SSSR count). The van der Waals surface area contributed by atoms with Crippen LogP contribution >= 0.6 is 0 Å². The average Bonchev–Trinajstić information content (AvgIpc) is 2.55. The number of aromatic nitrogens is 2. The lowest BCUT2D eigenvalue weighted by molar-refractivity contribution is 0.248. The summed E-state index contributed by atoms with van der Waals surface area (Å²) < 4.78 is 15.7. The second-order valence-electron chi connectivity index (χ2n) is 5.42. The van der Waals surface area contributed by atoms with Crippen molar-refractivity contribution in [1.82, 2.24) is 14.5 Å². The third kappa shape index (κ3) is 2.40. The van der Waals surface area contributed by atoms with Gasteiger partial charge in [0.15, 0.2) is 0 Å². The van der Waals surface area contributed by atoms with Gasteiger partial charge in [-0.15, -0.1) is 0 Å². The number of anilines is 1. The minimum atomic E-state index is -0.752. The number of carbonyl (C=O) groups is 1. The highest BCUT2D eigenvalue weighted by Gasteiger charge is 2.32. The smallest absolute Gasteiger partial charge is 0.327 e. The summed E-state index contributed by atoms with van der Waals surface area (Å²) >= 11 is 0. The maximum atomic E-state index is 13.2. The summed E-state index contributed by atoms with van der Waals surface area (Å²) in [6.45, 7) is 3.98. The number of halogens is 1. The SMILES string of the molecule is CCn1c2c(c(=O)n(CC)c1=O)C(c1ccc(F)cc1)NC(=O)N2. The van der Waals surface area contributed by atoms with E-state index in [1.807, 2.05) is 0 Å². The number of rotatable bonds is 3. The molecule has 2 heterocycles. The second kappa shape index (κ2) is 5.95. The van der Waals surface area contributed by atoms with Gasteiger partial charge < -0.3 is 5.32 Å². The third-order valence-corrected chi connectivity index (χ3v) is 4.09. The Bertz CT molecular complexity index is 915. The summed E-state index contributed by atoms with van der Waals surface area (Å²) in [6.07, 6.45) is 0. The monoisotopic (exact) mass is 332 g/mol. The van der Waals surface area contributed by atoms with E-state index in [0.717, 1.165) is 4.57 Å². The number of nitrogens with zero attached hydrogens (tertiary/aromatic N) is 2. The summed E-state index contributed by atoms with van der Waals surface area (Å²) in [4.78, 5) is 37.2. The van der Waals surface area contributed by atoms with E-state index in [-0.39, 0.29) is 17.9 Å². The molecule has 0 saturated carbocycles. The van der Waals surface area contributed by atoms with Crippen LogP contribution in [0.15, 0.2) is 33.9 Å². The molecule has 1 aromatic carbocycles. The van der Waals surface area contributed by atoms with E-state index in [1.165, 1.54) is 28.8 Å². The Morgan fingerprint density at radius 1 is 1.04 bits per heavy atom. The van der Waals surface area contributed by atoms with Gasteiger partial charge in [0.1, 0.15) is 11.6 Å². The lowest BCUT2D eigenvalue weighted by Gasteiger charge is -2.29. The minimum absolute atomic E-state index is 0.190. The molecular formula is C16H17FN4O3. The Labute approximate surface area is 136 Å². The van der Waals surface area contributed by atoms with E-state index in [2.05, 4.69) is 10.6 Å². The van der Waals surface area contributed by atoms with Crippen molar-refractivity contribution >= 4 is 11.8 Å². The Balaban J connectivity index is 2.32. The van der Waals surface area contributed by atoms with Crippen molar-refractivity contribution in [3.63, 3.8) is 0 Å². The van der Waals surface area contributed by atoms with Crippen molar-refractivity contribution in [2.75, 3.05) is 5.32 Å². The van der Waals surface area contributed by atoms with Gasteiger partial charge in [0, 0.05) is 13.1 Å². The van der Waals surface area contributed by atoms with Crippen LogP contribution in [-0.4, -0.2) is 15.2 Å². The predicted molar refractivity (Wildman–Crippen MR) is 86.7 cm³/mol. The number of hydrogen-bond acceptors (Lipinski definition) is 3. The quantitative estimate of drug-likeness (QED) is 0.891. The molecule has 7 nitrogen and oxygen atoms in total. The molecule has 1 aliphatic heterocycles. The lowest BCUT2D eigenvalue weighted by atomic mass is 9.98. The summed E-state index contributed by atoms with van der Waals surface area (Å²) in [5.74, 6) is -0.223.